The van der Waals surface area contributed by atoms with Crippen LogP contribution in [0.3, 0.4) is 0 Å². The van der Waals surface area contributed by atoms with Crippen LogP contribution >= 0.6 is 11.3 Å². The van der Waals surface area contributed by atoms with Gasteiger partial charge in [-0.2, -0.15) is 0 Å². The fourth-order valence-corrected chi connectivity index (χ4v) is 6.29. The van der Waals surface area contributed by atoms with E-state index in [1.807, 2.05) is 75.4 Å². The number of nitrogens with zero attached hydrogens (tertiary/aromatic N) is 1. The van der Waals surface area contributed by atoms with Crippen LogP contribution in [0.4, 0.5) is 5.00 Å². The van der Waals surface area contributed by atoms with Crippen molar-refractivity contribution >= 4 is 39.1 Å². The average Bonchev–Trinajstić information content (AvgIpc) is 3.25. The number of rotatable bonds is 7. The largest absolute Gasteiger partial charge is 0.494 e. The van der Waals surface area contributed by atoms with E-state index in [0.29, 0.717) is 34.3 Å². The summed E-state index contributed by atoms with van der Waals surface area (Å²) in [5.74, 6) is 0.671. The van der Waals surface area contributed by atoms with Gasteiger partial charge in [0.15, 0.2) is 0 Å². The summed E-state index contributed by atoms with van der Waals surface area (Å²) in [6.07, 6.45) is 2.48. The summed E-state index contributed by atoms with van der Waals surface area (Å²) in [6, 6.07) is 17.1. The van der Waals surface area contributed by atoms with Gasteiger partial charge in [0.2, 0.25) is 0 Å². The molecular weight excluding hydrogens is 496 g/mol. The number of para-hydroxylation sites is 1. The number of carbonyl (C=O) groups is 2. The molecule has 0 radical (unpaired) electrons. The highest BCUT2D eigenvalue weighted by atomic mass is 32.1. The number of aromatic nitrogens is 1. The molecule has 0 saturated carbocycles. The molecule has 38 heavy (non-hydrogen) atoms. The second kappa shape index (κ2) is 11.0. The zero-order valence-electron chi connectivity index (χ0n) is 22.2. The minimum atomic E-state index is -0.378. The SMILES string of the molecule is CCOc1ccc(-c2cc(C(=O)Nc3sc4c(c3C(=O)OC(C)C)CC[C@H](C)C4)c3ccccc3n2)cc1. The van der Waals surface area contributed by atoms with Gasteiger partial charge in [-0.25, -0.2) is 9.78 Å². The third-order valence-corrected chi connectivity index (χ3v) is 7.88. The zero-order valence-corrected chi connectivity index (χ0v) is 23.0. The van der Waals surface area contributed by atoms with Gasteiger partial charge in [-0.1, -0.05) is 25.1 Å². The molecule has 1 N–H and O–H groups in total. The van der Waals surface area contributed by atoms with Crippen LogP contribution in [0.15, 0.2) is 54.6 Å². The quantitative estimate of drug-likeness (QED) is 0.255. The van der Waals surface area contributed by atoms with Crippen molar-refractivity contribution in [3.63, 3.8) is 0 Å². The first kappa shape index (κ1) is 25.9. The van der Waals surface area contributed by atoms with Crippen LogP contribution in [0.2, 0.25) is 0 Å². The van der Waals surface area contributed by atoms with Gasteiger partial charge in [0.1, 0.15) is 10.8 Å². The third kappa shape index (κ3) is 5.29. The predicted octanol–water partition coefficient (Wildman–Crippen LogP) is 7.30. The van der Waals surface area contributed by atoms with E-state index in [1.165, 1.54) is 11.3 Å². The topological polar surface area (TPSA) is 77.5 Å². The van der Waals surface area contributed by atoms with Crippen LogP contribution in [0.5, 0.6) is 5.75 Å². The molecule has 0 bridgehead atoms. The maximum absolute atomic E-state index is 13.8. The number of hydrogen-bond donors (Lipinski definition) is 1. The van der Waals surface area contributed by atoms with Gasteiger partial charge in [0.05, 0.1) is 35.0 Å². The van der Waals surface area contributed by atoms with E-state index < -0.39 is 0 Å². The standard InChI is InChI=1S/C31H32N2O4S/c1-5-36-21-13-11-20(12-14-21)26-17-24(22-8-6-7-9-25(22)32-26)29(34)33-30-28(31(35)37-18(2)3)23-15-10-19(4)16-27(23)38-30/h6-9,11-14,17-19H,5,10,15-16H2,1-4H3,(H,33,34)/t19-/m0/s1. The van der Waals surface area contributed by atoms with E-state index in [1.54, 1.807) is 0 Å². The summed E-state index contributed by atoms with van der Waals surface area (Å²) in [6.45, 7) is 8.43. The van der Waals surface area contributed by atoms with E-state index in [9.17, 15) is 9.59 Å². The van der Waals surface area contributed by atoms with Gasteiger partial charge in [-0.05, 0) is 87.9 Å². The van der Waals surface area contributed by atoms with Crippen LogP contribution in [0.1, 0.15) is 65.3 Å². The lowest BCUT2D eigenvalue weighted by Crippen LogP contribution is -2.19. The number of anilines is 1. The van der Waals surface area contributed by atoms with Crippen molar-refractivity contribution < 1.29 is 19.1 Å². The summed E-state index contributed by atoms with van der Waals surface area (Å²) < 4.78 is 11.2. The molecule has 1 aliphatic carbocycles. The lowest BCUT2D eigenvalue weighted by Gasteiger charge is -2.19. The van der Waals surface area contributed by atoms with E-state index in [0.717, 1.165) is 51.9 Å². The van der Waals surface area contributed by atoms with Gasteiger partial charge >= 0.3 is 5.97 Å². The van der Waals surface area contributed by atoms with Crippen molar-refractivity contribution in [1.82, 2.24) is 4.98 Å². The number of ether oxygens (including phenoxy) is 2. The maximum atomic E-state index is 13.8. The summed E-state index contributed by atoms with van der Waals surface area (Å²) in [4.78, 5) is 32.9. The van der Waals surface area contributed by atoms with E-state index in [-0.39, 0.29) is 18.0 Å². The Morgan fingerprint density at radius 3 is 2.63 bits per heavy atom. The molecule has 0 aliphatic heterocycles. The summed E-state index contributed by atoms with van der Waals surface area (Å²) in [5.41, 5.74) is 4.32. The molecule has 2 aromatic heterocycles. The number of benzene rings is 2. The molecule has 0 saturated heterocycles. The molecule has 7 heteroatoms. The lowest BCUT2D eigenvalue weighted by molar-refractivity contribution is 0.0378. The molecule has 4 aromatic rings. The molecule has 5 rings (SSSR count). The van der Waals surface area contributed by atoms with Gasteiger partial charge < -0.3 is 14.8 Å². The van der Waals surface area contributed by atoms with Gasteiger partial charge in [-0.3, -0.25) is 4.79 Å². The second-order valence-corrected chi connectivity index (χ2v) is 11.1. The fourth-order valence-electron chi connectivity index (χ4n) is 4.90. The number of pyridine rings is 1. The van der Waals surface area contributed by atoms with Crippen molar-refractivity contribution in [3.8, 4) is 17.0 Å². The Morgan fingerprint density at radius 1 is 1.13 bits per heavy atom. The van der Waals surface area contributed by atoms with Crippen LogP contribution in [-0.4, -0.2) is 29.6 Å². The Hall–Kier alpha value is -3.71. The molecule has 1 atom stereocenters. The molecule has 2 heterocycles. The number of carbonyl (C=O) groups excluding carboxylic acids is 2. The highest BCUT2D eigenvalue weighted by Gasteiger charge is 2.30. The van der Waals surface area contributed by atoms with Gasteiger partial charge in [-0.15, -0.1) is 11.3 Å². The predicted molar refractivity (Wildman–Crippen MR) is 152 cm³/mol. The first-order chi connectivity index (χ1) is 18.3. The van der Waals surface area contributed by atoms with Crippen LogP contribution in [0, 0.1) is 5.92 Å². The van der Waals surface area contributed by atoms with E-state index >= 15 is 0 Å². The van der Waals surface area contributed by atoms with Crippen molar-refractivity contribution in [2.45, 2.75) is 53.1 Å². The van der Waals surface area contributed by atoms with Crippen molar-refractivity contribution in [2.24, 2.45) is 5.92 Å². The molecule has 2 aromatic carbocycles. The van der Waals surface area contributed by atoms with Crippen molar-refractivity contribution in [2.75, 3.05) is 11.9 Å². The number of fused-ring (bicyclic) bond motifs is 2. The molecule has 1 aliphatic rings. The van der Waals surface area contributed by atoms with Gasteiger partial charge in [0.25, 0.3) is 5.91 Å². The van der Waals surface area contributed by atoms with E-state index in [4.69, 9.17) is 14.5 Å². The fraction of sp³-hybridized carbons (Fsp3) is 0.323. The summed E-state index contributed by atoms with van der Waals surface area (Å²) in [7, 11) is 0. The number of nitrogens with one attached hydrogen (secondary N) is 1. The average molecular weight is 529 g/mol. The Kier molecular flexibility index (Phi) is 7.47. The van der Waals surface area contributed by atoms with Crippen molar-refractivity contribution in [3.05, 3.63) is 76.2 Å². The Labute approximate surface area is 227 Å². The van der Waals surface area contributed by atoms with Crippen molar-refractivity contribution in [1.29, 1.82) is 0 Å². The molecule has 1 amide bonds. The Bertz CT molecular complexity index is 1490. The first-order valence-corrected chi connectivity index (χ1v) is 14.0. The zero-order chi connectivity index (χ0) is 26.8. The minimum Gasteiger partial charge on any atom is -0.494 e. The summed E-state index contributed by atoms with van der Waals surface area (Å²) in [5, 5.41) is 4.39. The molecular formula is C31H32N2O4S. The molecule has 196 valence electrons. The highest BCUT2D eigenvalue weighted by molar-refractivity contribution is 7.17. The Morgan fingerprint density at radius 2 is 1.89 bits per heavy atom. The van der Waals surface area contributed by atoms with E-state index in [2.05, 4.69) is 12.2 Å². The monoisotopic (exact) mass is 528 g/mol. The van der Waals surface area contributed by atoms with Crippen LogP contribution in [0.25, 0.3) is 22.2 Å². The van der Waals surface area contributed by atoms with Crippen LogP contribution < -0.4 is 10.1 Å². The molecule has 0 unspecified atom stereocenters. The maximum Gasteiger partial charge on any atom is 0.341 e. The first-order valence-electron chi connectivity index (χ1n) is 13.1. The Balaban J connectivity index is 1.54. The number of thiophene rings is 1. The minimum absolute atomic E-state index is 0.245. The number of hydrogen-bond acceptors (Lipinski definition) is 6. The molecule has 0 fully saturated rings. The second-order valence-electron chi connectivity index (χ2n) is 9.99. The summed E-state index contributed by atoms with van der Waals surface area (Å²) >= 11 is 1.49. The molecule has 6 nitrogen and oxygen atoms in total. The highest BCUT2D eigenvalue weighted by Crippen LogP contribution is 2.40. The third-order valence-electron chi connectivity index (χ3n) is 6.71. The normalized spacial score (nSPS) is 14.8. The van der Waals surface area contributed by atoms with Crippen LogP contribution in [-0.2, 0) is 17.6 Å². The number of amides is 1. The van der Waals surface area contributed by atoms with Gasteiger partial charge in [0, 0.05) is 15.8 Å². The lowest BCUT2D eigenvalue weighted by atomic mass is 9.88. The number of esters is 1. The smallest absolute Gasteiger partial charge is 0.341 e. The molecule has 0 spiro atoms.